The number of piperidine rings is 1. The maximum atomic E-state index is 14.4. The molecule has 0 amide bonds. The molecule has 1 aliphatic rings. The van der Waals surface area contributed by atoms with E-state index in [4.69, 9.17) is 0 Å². The van der Waals surface area contributed by atoms with Crippen LogP contribution in [0, 0.1) is 12.7 Å². The summed E-state index contributed by atoms with van der Waals surface area (Å²) >= 11 is 0. The summed E-state index contributed by atoms with van der Waals surface area (Å²) in [6.07, 6.45) is 1.08. The first-order chi connectivity index (χ1) is 14.0. The van der Waals surface area contributed by atoms with Crippen molar-refractivity contribution in [2.45, 2.75) is 38.7 Å². The van der Waals surface area contributed by atoms with Gasteiger partial charge in [0.25, 0.3) is 6.43 Å². The number of fused-ring (bicyclic) bond motifs is 1. The fourth-order valence-corrected chi connectivity index (χ4v) is 3.73. The zero-order chi connectivity index (χ0) is 20.4. The van der Waals surface area contributed by atoms with E-state index in [2.05, 4.69) is 25.6 Å². The summed E-state index contributed by atoms with van der Waals surface area (Å²) < 4.78 is 40.3. The maximum Gasteiger partial charge on any atom is 0.266 e. The van der Waals surface area contributed by atoms with Gasteiger partial charge in [0.15, 0.2) is 5.65 Å². The molecule has 0 saturated carbocycles. The van der Waals surface area contributed by atoms with E-state index in [1.807, 2.05) is 12.3 Å². The van der Waals surface area contributed by atoms with Gasteiger partial charge in [0, 0.05) is 18.3 Å². The van der Waals surface area contributed by atoms with Crippen LogP contribution in [0.25, 0.3) is 11.0 Å². The minimum absolute atomic E-state index is 0.0372. The van der Waals surface area contributed by atoms with Crippen molar-refractivity contribution in [2.75, 3.05) is 18.4 Å². The smallest absolute Gasteiger partial charge is 0.266 e. The lowest BCUT2D eigenvalue weighted by atomic mass is 9.91. The fraction of sp³-hybridized carbons (Fsp3) is 0.381. The van der Waals surface area contributed by atoms with Gasteiger partial charge in [-0.2, -0.15) is 0 Å². The summed E-state index contributed by atoms with van der Waals surface area (Å²) in [5.41, 5.74) is 1.25. The van der Waals surface area contributed by atoms with Crippen LogP contribution in [-0.4, -0.2) is 28.0 Å². The minimum Gasteiger partial charge on any atom is -0.365 e. The molecule has 1 saturated heterocycles. The molecule has 29 heavy (non-hydrogen) atoms. The third-order valence-electron chi connectivity index (χ3n) is 5.28. The maximum absolute atomic E-state index is 14.4. The molecule has 1 aromatic carbocycles. The molecular formula is C21H22F3N5. The highest BCUT2D eigenvalue weighted by atomic mass is 19.3. The largest absolute Gasteiger partial charge is 0.365 e. The van der Waals surface area contributed by atoms with Crippen LogP contribution in [0.2, 0.25) is 0 Å². The monoisotopic (exact) mass is 401 g/mol. The molecule has 4 rings (SSSR count). The molecule has 0 spiro atoms. The second kappa shape index (κ2) is 8.32. The molecule has 2 N–H and O–H groups in total. The Morgan fingerprint density at radius 3 is 2.76 bits per heavy atom. The number of hydrogen-bond acceptors (Lipinski definition) is 5. The van der Waals surface area contributed by atoms with Gasteiger partial charge < -0.3 is 10.6 Å². The second-order valence-corrected chi connectivity index (χ2v) is 7.26. The predicted octanol–water partition coefficient (Wildman–Crippen LogP) is 4.49. The van der Waals surface area contributed by atoms with Crippen molar-refractivity contribution < 1.29 is 13.2 Å². The first-order valence-electron chi connectivity index (χ1n) is 9.67. The summed E-state index contributed by atoms with van der Waals surface area (Å²) in [4.78, 5) is 13.3. The van der Waals surface area contributed by atoms with Gasteiger partial charge >= 0.3 is 0 Å². The van der Waals surface area contributed by atoms with Gasteiger partial charge in [0.1, 0.15) is 17.5 Å². The Hall–Kier alpha value is -2.74. The molecule has 3 heterocycles. The van der Waals surface area contributed by atoms with E-state index in [1.54, 1.807) is 6.92 Å². The van der Waals surface area contributed by atoms with Crippen molar-refractivity contribution in [1.82, 2.24) is 20.3 Å². The van der Waals surface area contributed by atoms with E-state index in [0.717, 1.165) is 42.9 Å². The topological polar surface area (TPSA) is 62.7 Å². The summed E-state index contributed by atoms with van der Waals surface area (Å²) in [6.45, 7) is 3.73. The summed E-state index contributed by atoms with van der Waals surface area (Å²) in [5, 5.41) is 7.19. The van der Waals surface area contributed by atoms with Crippen LogP contribution in [0.3, 0.4) is 0 Å². The highest BCUT2D eigenvalue weighted by Gasteiger charge is 2.19. The van der Waals surface area contributed by atoms with Crippen molar-refractivity contribution in [3.8, 4) is 0 Å². The molecule has 0 atom stereocenters. The average Bonchev–Trinajstić information content (AvgIpc) is 2.73. The number of benzene rings is 1. The van der Waals surface area contributed by atoms with Gasteiger partial charge in [-0.05, 0) is 50.4 Å². The molecule has 0 unspecified atom stereocenters. The Morgan fingerprint density at radius 1 is 1.21 bits per heavy atom. The standard InChI is InChI=1S/C21H22F3N5/c1-12-28-20(26-10-14-3-2-4-16(18(14)22)19(23)24)17-9-15(11-27-21(17)29-12)13-5-7-25-8-6-13/h2-4,9,11,13,19,25H,5-8,10H2,1H3,(H,26,27,28,29). The zero-order valence-electron chi connectivity index (χ0n) is 16.1. The highest BCUT2D eigenvalue weighted by Crippen LogP contribution is 2.29. The van der Waals surface area contributed by atoms with Crippen molar-refractivity contribution in [2.24, 2.45) is 0 Å². The molecule has 8 heteroatoms. The molecule has 3 aromatic rings. The van der Waals surface area contributed by atoms with Crippen LogP contribution in [0.1, 0.15) is 47.7 Å². The number of nitrogens with zero attached hydrogens (tertiary/aromatic N) is 3. The third kappa shape index (κ3) is 4.17. The van der Waals surface area contributed by atoms with Gasteiger partial charge in [0.2, 0.25) is 0 Å². The molecular weight excluding hydrogens is 379 g/mol. The summed E-state index contributed by atoms with van der Waals surface area (Å²) in [6, 6.07) is 6.06. The number of aromatic nitrogens is 3. The quantitative estimate of drug-likeness (QED) is 0.660. The Morgan fingerprint density at radius 2 is 2.00 bits per heavy atom. The first-order valence-corrected chi connectivity index (χ1v) is 9.67. The van der Waals surface area contributed by atoms with Gasteiger partial charge in [-0.25, -0.2) is 28.1 Å². The van der Waals surface area contributed by atoms with Gasteiger partial charge in [-0.1, -0.05) is 18.2 Å². The Kier molecular flexibility index (Phi) is 5.62. The van der Waals surface area contributed by atoms with Crippen LogP contribution in [0.4, 0.5) is 19.0 Å². The lowest BCUT2D eigenvalue weighted by Gasteiger charge is -2.23. The van der Waals surface area contributed by atoms with Crippen molar-refractivity contribution in [3.63, 3.8) is 0 Å². The summed E-state index contributed by atoms with van der Waals surface area (Å²) in [5.74, 6) is 0.586. The van der Waals surface area contributed by atoms with Gasteiger partial charge in [-0.15, -0.1) is 0 Å². The second-order valence-electron chi connectivity index (χ2n) is 7.26. The van der Waals surface area contributed by atoms with Gasteiger partial charge in [0.05, 0.1) is 10.9 Å². The number of halogens is 3. The lowest BCUT2D eigenvalue weighted by molar-refractivity contribution is 0.146. The van der Waals surface area contributed by atoms with Crippen LogP contribution in [0.15, 0.2) is 30.5 Å². The van der Waals surface area contributed by atoms with Crippen LogP contribution in [0.5, 0.6) is 0 Å². The highest BCUT2D eigenvalue weighted by molar-refractivity contribution is 5.87. The number of alkyl halides is 2. The van der Waals surface area contributed by atoms with Crippen molar-refractivity contribution in [1.29, 1.82) is 0 Å². The number of anilines is 1. The molecule has 0 aliphatic carbocycles. The molecule has 152 valence electrons. The SMILES string of the molecule is Cc1nc(NCc2cccc(C(F)F)c2F)c2cc(C3CCNCC3)cnc2n1. The molecule has 5 nitrogen and oxygen atoms in total. The van der Waals surface area contributed by atoms with Crippen molar-refractivity contribution in [3.05, 3.63) is 58.8 Å². The zero-order valence-corrected chi connectivity index (χ0v) is 16.1. The van der Waals surface area contributed by atoms with E-state index in [-0.39, 0.29) is 12.1 Å². The normalized spacial score (nSPS) is 15.2. The van der Waals surface area contributed by atoms with E-state index in [1.165, 1.54) is 12.1 Å². The Balaban J connectivity index is 1.65. The van der Waals surface area contributed by atoms with E-state index < -0.39 is 17.8 Å². The molecule has 1 aliphatic heterocycles. The number of nitrogens with one attached hydrogen (secondary N) is 2. The number of hydrogen-bond donors (Lipinski definition) is 2. The molecule has 0 bridgehead atoms. The Labute approximate surface area is 166 Å². The van der Waals surface area contributed by atoms with E-state index in [9.17, 15) is 13.2 Å². The minimum atomic E-state index is -2.85. The Bertz CT molecular complexity index is 1020. The first kappa shape index (κ1) is 19.6. The lowest BCUT2D eigenvalue weighted by Crippen LogP contribution is -2.26. The van der Waals surface area contributed by atoms with E-state index in [0.29, 0.717) is 23.2 Å². The fourth-order valence-electron chi connectivity index (χ4n) is 3.73. The van der Waals surface area contributed by atoms with Crippen LogP contribution < -0.4 is 10.6 Å². The number of rotatable bonds is 5. The van der Waals surface area contributed by atoms with Crippen LogP contribution >= 0.6 is 0 Å². The van der Waals surface area contributed by atoms with Gasteiger partial charge in [-0.3, -0.25) is 0 Å². The third-order valence-corrected chi connectivity index (χ3v) is 5.28. The molecule has 1 fully saturated rings. The van der Waals surface area contributed by atoms with Crippen molar-refractivity contribution >= 4 is 16.9 Å². The number of pyridine rings is 1. The molecule has 0 radical (unpaired) electrons. The molecule has 2 aromatic heterocycles. The predicted molar refractivity (Wildman–Crippen MR) is 106 cm³/mol. The summed E-state index contributed by atoms with van der Waals surface area (Å²) in [7, 11) is 0. The van der Waals surface area contributed by atoms with Crippen LogP contribution in [-0.2, 0) is 6.54 Å². The average molecular weight is 401 g/mol. The number of aryl methyl sites for hydroxylation is 1. The van der Waals surface area contributed by atoms with E-state index >= 15 is 0 Å².